The van der Waals surface area contributed by atoms with Crippen LogP contribution in [0.15, 0.2) is 60.2 Å². The highest BCUT2D eigenvalue weighted by atomic mass is 16.5. The van der Waals surface area contributed by atoms with Gasteiger partial charge in [0.05, 0.1) is 23.4 Å². The van der Waals surface area contributed by atoms with Crippen LogP contribution in [0.3, 0.4) is 0 Å². The number of anilines is 2. The highest BCUT2D eigenvalue weighted by Gasteiger charge is 2.48. The minimum Gasteiger partial charge on any atom is -0.426 e. The van der Waals surface area contributed by atoms with Gasteiger partial charge in [-0.1, -0.05) is 35.4 Å². The molecule has 0 spiro atoms. The number of imide groups is 1. The molecule has 3 amide bonds. The second-order valence-corrected chi connectivity index (χ2v) is 9.37. The topological polar surface area (TPSA) is 84.0 Å². The number of ether oxygens (including phenoxy) is 1. The lowest BCUT2D eigenvalue weighted by Crippen LogP contribution is -2.31. The van der Waals surface area contributed by atoms with Crippen molar-refractivity contribution in [1.29, 1.82) is 0 Å². The first-order chi connectivity index (χ1) is 16.3. The molecule has 2 aliphatic heterocycles. The fourth-order valence-corrected chi connectivity index (χ4v) is 5.02. The number of hydrogen-bond acceptors (Lipinski definition) is 5. The summed E-state index contributed by atoms with van der Waals surface area (Å²) in [5.41, 5.74) is 3.37. The molecule has 174 valence electrons. The molecule has 2 heterocycles. The number of fused-ring (bicyclic) bond motifs is 1. The zero-order valence-corrected chi connectivity index (χ0v) is 19.2. The number of rotatable bonds is 4. The van der Waals surface area contributed by atoms with Gasteiger partial charge in [0, 0.05) is 24.7 Å². The number of hydrogen-bond donors (Lipinski definition) is 0. The summed E-state index contributed by atoms with van der Waals surface area (Å²) in [5.74, 6) is -2.07. The van der Waals surface area contributed by atoms with Crippen molar-refractivity contribution in [1.82, 2.24) is 0 Å². The van der Waals surface area contributed by atoms with Gasteiger partial charge in [-0.25, -0.2) is 4.90 Å². The van der Waals surface area contributed by atoms with E-state index >= 15 is 0 Å². The first-order valence-electron chi connectivity index (χ1n) is 11.5. The number of carbonyl (C=O) groups is 4. The molecule has 7 nitrogen and oxygen atoms in total. The van der Waals surface area contributed by atoms with Crippen LogP contribution in [0.5, 0.6) is 5.75 Å². The molecule has 7 heteroatoms. The highest BCUT2D eigenvalue weighted by Crippen LogP contribution is 2.40. The zero-order chi connectivity index (χ0) is 24.0. The van der Waals surface area contributed by atoms with Crippen LogP contribution in [-0.2, 0) is 19.2 Å². The smallest absolute Gasteiger partial charge is 0.316 e. The molecule has 0 unspecified atom stereocenters. The lowest BCUT2D eigenvalue weighted by atomic mass is 9.82. The first kappa shape index (κ1) is 22.1. The van der Waals surface area contributed by atoms with Crippen molar-refractivity contribution in [2.45, 2.75) is 33.1 Å². The van der Waals surface area contributed by atoms with E-state index in [1.54, 1.807) is 29.2 Å². The van der Waals surface area contributed by atoms with Crippen LogP contribution in [0.1, 0.15) is 31.7 Å². The van der Waals surface area contributed by atoms with Crippen LogP contribution in [0.4, 0.5) is 11.4 Å². The van der Waals surface area contributed by atoms with Crippen molar-refractivity contribution in [3.8, 4) is 5.75 Å². The Bertz CT molecular complexity index is 1220. The fraction of sp³-hybridized carbons (Fsp3) is 0.333. The Morgan fingerprint density at radius 1 is 0.912 bits per heavy atom. The summed E-state index contributed by atoms with van der Waals surface area (Å²) in [6.45, 7) is 4.20. The van der Waals surface area contributed by atoms with Crippen molar-refractivity contribution < 1.29 is 23.9 Å². The summed E-state index contributed by atoms with van der Waals surface area (Å²) in [5, 5.41) is 0. The molecule has 5 rings (SSSR count). The molecule has 2 fully saturated rings. The Hall–Kier alpha value is -3.74. The lowest BCUT2D eigenvalue weighted by Gasteiger charge is -2.18. The third-order valence-electron chi connectivity index (χ3n) is 6.92. The Labute approximate surface area is 198 Å². The molecule has 0 bridgehead atoms. The summed E-state index contributed by atoms with van der Waals surface area (Å²) < 4.78 is 5.58. The van der Waals surface area contributed by atoms with Crippen LogP contribution in [0.25, 0.3) is 0 Å². The lowest BCUT2D eigenvalue weighted by molar-refractivity contribution is -0.139. The van der Waals surface area contributed by atoms with Crippen LogP contribution < -0.4 is 14.5 Å². The number of allylic oxidation sites excluding steroid dienone is 2. The fourth-order valence-electron chi connectivity index (χ4n) is 5.02. The van der Waals surface area contributed by atoms with Gasteiger partial charge in [0.25, 0.3) is 0 Å². The number of nitrogens with zero attached hydrogens (tertiary/aromatic N) is 2. The molecule has 1 aliphatic carbocycles. The maximum absolute atomic E-state index is 13.0. The van der Waals surface area contributed by atoms with E-state index in [-0.39, 0.29) is 48.3 Å². The Morgan fingerprint density at radius 2 is 1.65 bits per heavy atom. The number of amides is 3. The van der Waals surface area contributed by atoms with Crippen LogP contribution >= 0.6 is 0 Å². The van der Waals surface area contributed by atoms with Gasteiger partial charge >= 0.3 is 5.97 Å². The quantitative estimate of drug-likeness (QED) is 0.301. The molecule has 0 N–H and O–H groups in total. The molecule has 0 saturated carbocycles. The number of aryl methyl sites for hydroxylation is 1. The van der Waals surface area contributed by atoms with Gasteiger partial charge in [-0.05, 0) is 51.0 Å². The minimum atomic E-state index is -0.593. The normalized spacial score (nSPS) is 24.4. The highest BCUT2D eigenvalue weighted by molar-refractivity contribution is 6.22. The molecular formula is C27H26N2O5. The third-order valence-corrected chi connectivity index (χ3v) is 6.92. The molecule has 34 heavy (non-hydrogen) atoms. The molecule has 0 aromatic heterocycles. The monoisotopic (exact) mass is 458 g/mol. The van der Waals surface area contributed by atoms with Gasteiger partial charge in [-0.3, -0.25) is 19.2 Å². The Balaban J connectivity index is 1.29. The van der Waals surface area contributed by atoms with E-state index in [0.29, 0.717) is 18.5 Å². The van der Waals surface area contributed by atoms with E-state index in [0.717, 1.165) is 16.8 Å². The predicted molar refractivity (Wildman–Crippen MR) is 126 cm³/mol. The largest absolute Gasteiger partial charge is 0.426 e. The van der Waals surface area contributed by atoms with Gasteiger partial charge in [0.1, 0.15) is 5.75 Å². The van der Waals surface area contributed by atoms with Crippen LogP contribution in [-0.4, -0.2) is 30.2 Å². The Kier molecular flexibility index (Phi) is 5.55. The average Bonchev–Trinajstić information content (AvgIpc) is 3.32. The van der Waals surface area contributed by atoms with E-state index in [1.807, 2.05) is 44.2 Å². The molecule has 2 aromatic rings. The first-order valence-corrected chi connectivity index (χ1v) is 11.5. The van der Waals surface area contributed by atoms with Crippen LogP contribution in [0, 0.1) is 24.7 Å². The van der Waals surface area contributed by atoms with E-state index < -0.39 is 11.9 Å². The second kappa shape index (κ2) is 8.56. The maximum Gasteiger partial charge on any atom is 0.316 e. The van der Waals surface area contributed by atoms with Crippen molar-refractivity contribution in [3.05, 3.63) is 65.7 Å². The SMILES string of the molecule is CC1=CC[C@@H]2C(=O)N(c3cccc(OC(=O)[C@@H]4CC(=O)N(c5ccc(C)cc5)C4)c3)C(=O)[C@@H]2C1. The summed E-state index contributed by atoms with van der Waals surface area (Å²) >= 11 is 0. The van der Waals surface area contributed by atoms with Gasteiger partial charge < -0.3 is 9.64 Å². The minimum absolute atomic E-state index is 0.0746. The van der Waals surface area contributed by atoms with E-state index in [4.69, 9.17) is 4.74 Å². The van der Waals surface area contributed by atoms with Gasteiger partial charge in [-0.2, -0.15) is 0 Å². The molecule has 3 atom stereocenters. The van der Waals surface area contributed by atoms with Crippen molar-refractivity contribution in [3.63, 3.8) is 0 Å². The van der Waals surface area contributed by atoms with Crippen molar-refractivity contribution >= 4 is 35.1 Å². The number of esters is 1. The summed E-state index contributed by atoms with van der Waals surface area (Å²) in [7, 11) is 0. The van der Waals surface area contributed by atoms with E-state index in [1.165, 1.54) is 4.90 Å². The second-order valence-electron chi connectivity index (χ2n) is 9.37. The van der Waals surface area contributed by atoms with E-state index in [2.05, 4.69) is 0 Å². The van der Waals surface area contributed by atoms with Crippen LogP contribution in [0.2, 0.25) is 0 Å². The summed E-state index contributed by atoms with van der Waals surface area (Å²) in [6, 6.07) is 14.1. The standard InChI is InChI=1S/C27H26N2O5/c1-16-6-9-19(10-7-16)28-15-18(13-24(28)30)27(33)34-21-5-3-4-20(14-21)29-25(31)22-11-8-17(2)12-23(22)26(29)32/h3-10,14,18,22-23H,11-13,15H2,1-2H3/t18-,22+,23-/m1/s1. The molecule has 2 aromatic carbocycles. The van der Waals surface area contributed by atoms with Gasteiger partial charge in [0.15, 0.2) is 0 Å². The summed E-state index contributed by atoms with van der Waals surface area (Å²) in [6.07, 6.45) is 3.26. The van der Waals surface area contributed by atoms with Gasteiger partial charge in [0.2, 0.25) is 17.7 Å². The Morgan fingerprint density at radius 3 is 2.41 bits per heavy atom. The molecule has 0 radical (unpaired) electrons. The zero-order valence-electron chi connectivity index (χ0n) is 19.2. The number of carbonyl (C=O) groups excluding carboxylic acids is 4. The van der Waals surface area contributed by atoms with Crippen molar-refractivity contribution in [2.24, 2.45) is 17.8 Å². The van der Waals surface area contributed by atoms with E-state index in [9.17, 15) is 19.2 Å². The molecular weight excluding hydrogens is 432 g/mol. The maximum atomic E-state index is 13.0. The average molecular weight is 459 g/mol. The summed E-state index contributed by atoms with van der Waals surface area (Å²) in [4.78, 5) is 54.1. The molecule has 2 saturated heterocycles. The predicted octanol–water partition coefficient (Wildman–Crippen LogP) is 3.80. The molecule has 3 aliphatic rings. The van der Waals surface area contributed by atoms with Crippen molar-refractivity contribution in [2.75, 3.05) is 16.3 Å². The van der Waals surface area contributed by atoms with Gasteiger partial charge in [-0.15, -0.1) is 0 Å². The third kappa shape index (κ3) is 3.91. The number of benzene rings is 2.